The summed E-state index contributed by atoms with van der Waals surface area (Å²) in [5.74, 6) is 0.0271. The summed E-state index contributed by atoms with van der Waals surface area (Å²) < 4.78 is 5.77. The summed E-state index contributed by atoms with van der Waals surface area (Å²) in [6, 6.07) is 5.98. The normalized spacial score (nSPS) is 24.2. The minimum Gasteiger partial charge on any atom is -0.493 e. The van der Waals surface area contributed by atoms with Crippen molar-refractivity contribution in [2.24, 2.45) is 0 Å². The summed E-state index contributed by atoms with van der Waals surface area (Å²) in [6.07, 6.45) is 3.32. The van der Waals surface area contributed by atoms with Crippen molar-refractivity contribution < 1.29 is 14.6 Å². The van der Waals surface area contributed by atoms with Crippen LogP contribution in [0, 0.1) is 0 Å². The number of benzene rings is 1. The second kappa shape index (κ2) is 7.55. The maximum atomic E-state index is 12.1. The average Bonchev–Trinajstić information content (AvgIpc) is 3.13. The number of nitrogens with zero attached hydrogens (tertiary/aromatic N) is 3. The molecule has 3 heterocycles. The van der Waals surface area contributed by atoms with E-state index in [0.29, 0.717) is 12.6 Å². The minimum atomic E-state index is -0.776. The van der Waals surface area contributed by atoms with Gasteiger partial charge in [-0.3, -0.25) is 14.6 Å². The largest absolute Gasteiger partial charge is 0.493 e. The summed E-state index contributed by atoms with van der Waals surface area (Å²) in [6.45, 7) is 6.48. The zero-order valence-corrected chi connectivity index (χ0v) is 15.6. The Morgan fingerprint density at radius 1 is 1.15 bits per heavy atom. The highest BCUT2D eigenvalue weighted by Crippen LogP contribution is 2.36. The number of carbonyl (C=O) groups is 1. The first-order valence-corrected chi connectivity index (χ1v) is 9.77. The van der Waals surface area contributed by atoms with Crippen molar-refractivity contribution >= 4 is 5.97 Å². The van der Waals surface area contributed by atoms with E-state index in [1.807, 2.05) is 18.2 Å². The molecule has 6 heteroatoms. The second-order valence-electron chi connectivity index (χ2n) is 7.78. The molecule has 4 rings (SSSR count). The van der Waals surface area contributed by atoms with Crippen molar-refractivity contribution in [3.8, 4) is 5.75 Å². The highest BCUT2D eigenvalue weighted by atomic mass is 16.5. The molecule has 0 radical (unpaired) electrons. The molecule has 3 aliphatic rings. The second-order valence-corrected chi connectivity index (χ2v) is 7.78. The van der Waals surface area contributed by atoms with Gasteiger partial charge in [-0.1, -0.05) is 18.2 Å². The molecule has 0 spiro atoms. The predicted molar refractivity (Wildman–Crippen MR) is 99.7 cm³/mol. The van der Waals surface area contributed by atoms with Gasteiger partial charge in [0.25, 0.3) is 0 Å². The van der Waals surface area contributed by atoms with E-state index in [2.05, 4.69) is 21.7 Å². The van der Waals surface area contributed by atoms with Crippen LogP contribution in [0.3, 0.4) is 0 Å². The smallest absolute Gasteiger partial charge is 0.325 e. The molecule has 1 aromatic rings. The third-order valence-corrected chi connectivity index (χ3v) is 6.19. The Kier molecular flexibility index (Phi) is 5.16. The number of carboxylic acid groups (broad SMARTS) is 1. The number of likely N-dealkylation sites (tertiary alicyclic amines) is 1. The summed E-state index contributed by atoms with van der Waals surface area (Å²) in [5.41, 5.74) is 1.96. The number of piperazine rings is 1. The molecular formula is C20H29N3O3. The van der Waals surface area contributed by atoms with Crippen molar-refractivity contribution in [3.63, 3.8) is 0 Å². The Morgan fingerprint density at radius 3 is 2.58 bits per heavy atom. The molecule has 0 aromatic heterocycles. The molecule has 0 unspecified atom stereocenters. The first-order valence-electron chi connectivity index (χ1n) is 9.77. The molecule has 3 aliphatic heterocycles. The molecule has 0 saturated carbocycles. The number of hydrogen-bond donors (Lipinski definition) is 1. The lowest BCUT2D eigenvalue weighted by molar-refractivity contribution is -0.144. The Labute approximate surface area is 155 Å². The van der Waals surface area contributed by atoms with Gasteiger partial charge in [0.15, 0.2) is 0 Å². The van der Waals surface area contributed by atoms with Crippen molar-refractivity contribution in [2.75, 3.05) is 52.9 Å². The van der Waals surface area contributed by atoms with Crippen molar-refractivity contribution in [1.29, 1.82) is 0 Å². The van der Waals surface area contributed by atoms with Crippen LogP contribution in [-0.2, 0) is 11.2 Å². The molecule has 6 nitrogen and oxygen atoms in total. The van der Waals surface area contributed by atoms with Gasteiger partial charge >= 0.3 is 5.97 Å². The van der Waals surface area contributed by atoms with Crippen molar-refractivity contribution in [2.45, 2.75) is 31.3 Å². The number of carboxylic acids is 1. The number of para-hydroxylation sites is 1. The first-order chi connectivity index (χ1) is 12.6. The van der Waals surface area contributed by atoms with Gasteiger partial charge in [0, 0.05) is 44.2 Å². The average molecular weight is 359 g/mol. The van der Waals surface area contributed by atoms with Crippen LogP contribution in [0.5, 0.6) is 5.75 Å². The van der Waals surface area contributed by atoms with Gasteiger partial charge < -0.3 is 14.7 Å². The molecular weight excluding hydrogens is 330 g/mol. The van der Waals surface area contributed by atoms with Gasteiger partial charge in [-0.15, -0.1) is 0 Å². The lowest BCUT2D eigenvalue weighted by Crippen LogP contribution is -2.54. The molecule has 142 valence electrons. The topological polar surface area (TPSA) is 56.2 Å². The first kappa shape index (κ1) is 17.8. The van der Waals surface area contributed by atoms with E-state index >= 15 is 0 Å². The van der Waals surface area contributed by atoms with Crippen molar-refractivity contribution in [3.05, 3.63) is 29.3 Å². The number of rotatable bonds is 4. The van der Waals surface area contributed by atoms with E-state index in [4.69, 9.17) is 4.74 Å². The molecule has 0 aliphatic carbocycles. The van der Waals surface area contributed by atoms with Crippen LogP contribution in [0.1, 0.15) is 30.0 Å². The van der Waals surface area contributed by atoms with Crippen LogP contribution < -0.4 is 4.74 Å². The molecule has 1 N–H and O–H groups in total. The number of fused-ring (bicyclic) bond motifs is 1. The van der Waals surface area contributed by atoms with Gasteiger partial charge in [-0.2, -0.15) is 0 Å². The van der Waals surface area contributed by atoms with Crippen LogP contribution in [0.2, 0.25) is 0 Å². The Bertz CT molecular complexity index is 650. The molecule has 0 amide bonds. The van der Waals surface area contributed by atoms with Crippen LogP contribution >= 0.6 is 0 Å². The van der Waals surface area contributed by atoms with E-state index in [0.717, 1.165) is 62.6 Å². The number of aliphatic carboxylic acids is 1. The fourth-order valence-corrected chi connectivity index (χ4v) is 4.66. The van der Waals surface area contributed by atoms with E-state index in [1.165, 1.54) is 12.8 Å². The van der Waals surface area contributed by atoms with E-state index in [9.17, 15) is 9.90 Å². The highest BCUT2D eigenvalue weighted by Gasteiger charge is 2.35. The Balaban J connectivity index is 1.45. The lowest BCUT2D eigenvalue weighted by Gasteiger charge is -2.43. The van der Waals surface area contributed by atoms with E-state index < -0.39 is 12.0 Å². The van der Waals surface area contributed by atoms with Gasteiger partial charge in [0.05, 0.1) is 6.61 Å². The number of ether oxygens (including phenoxy) is 1. The van der Waals surface area contributed by atoms with Gasteiger partial charge in [-0.05, 0) is 38.5 Å². The third-order valence-electron chi connectivity index (χ3n) is 6.19. The monoisotopic (exact) mass is 359 g/mol. The highest BCUT2D eigenvalue weighted by molar-refractivity contribution is 5.77. The minimum absolute atomic E-state index is 0.609. The molecule has 0 bridgehead atoms. The predicted octanol–water partition coefficient (Wildman–Crippen LogP) is 1.46. The zero-order valence-electron chi connectivity index (χ0n) is 15.6. The Morgan fingerprint density at radius 2 is 1.88 bits per heavy atom. The van der Waals surface area contributed by atoms with Gasteiger partial charge in [-0.25, -0.2) is 0 Å². The van der Waals surface area contributed by atoms with Crippen LogP contribution in [0.4, 0.5) is 0 Å². The quantitative estimate of drug-likeness (QED) is 0.878. The molecule has 1 aromatic carbocycles. The maximum absolute atomic E-state index is 12.1. The summed E-state index contributed by atoms with van der Waals surface area (Å²) in [4.78, 5) is 19.2. The fraction of sp³-hybridized carbons (Fsp3) is 0.650. The van der Waals surface area contributed by atoms with Gasteiger partial charge in [0.1, 0.15) is 11.8 Å². The van der Waals surface area contributed by atoms with Crippen LogP contribution in [0.25, 0.3) is 0 Å². The molecule has 2 fully saturated rings. The number of piperidine rings is 1. The molecule has 1 atom stereocenters. The van der Waals surface area contributed by atoms with Crippen molar-refractivity contribution in [1.82, 2.24) is 14.7 Å². The lowest BCUT2D eigenvalue weighted by atomic mass is 9.99. The van der Waals surface area contributed by atoms with E-state index in [1.54, 1.807) is 0 Å². The molecule has 2 saturated heterocycles. The fourth-order valence-electron chi connectivity index (χ4n) is 4.66. The Hall–Kier alpha value is -1.63. The maximum Gasteiger partial charge on any atom is 0.325 e. The summed E-state index contributed by atoms with van der Waals surface area (Å²) >= 11 is 0. The standard InChI is InChI=1S/C20H29N3O3/c1-21-8-5-16(6-9-21)22-10-12-23(13-11-22)18(20(24)25)17-4-2-3-15-7-14-26-19(15)17/h2-4,16,18H,5-14H2,1H3,(H,24,25)/t18-/m0/s1. The third kappa shape index (κ3) is 3.46. The summed E-state index contributed by atoms with van der Waals surface area (Å²) in [5, 5.41) is 9.94. The van der Waals surface area contributed by atoms with Crippen LogP contribution in [-0.4, -0.2) is 84.7 Å². The SMILES string of the molecule is CN1CCC(N2CCN([C@H](C(=O)O)c3cccc4c3OCC4)CC2)CC1. The summed E-state index contributed by atoms with van der Waals surface area (Å²) in [7, 11) is 2.19. The molecule has 26 heavy (non-hydrogen) atoms. The van der Waals surface area contributed by atoms with Gasteiger partial charge in [0.2, 0.25) is 0 Å². The number of hydrogen-bond acceptors (Lipinski definition) is 5. The zero-order chi connectivity index (χ0) is 18.1. The van der Waals surface area contributed by atoms with E-state index in [-0.39, 0.29) is 0 Å². The van der Waals surface area contributed by atoms with Crippen LogP contribution in [0.15, 0.2) is 18.2 Å².